The van der Waals surface area contributed by atoms with E-state index in [4.69, 9.17) is 11.6 Å². The first-order valence-electron chi connectivity index (χ1n) is 5.14. The first-order valence-corrected chi connectivity index (χ1v) is 6.37. The molecular formula is C14H12BrCl. The molecule has 1 atom stereocenters. The Morgan fingerprint density at radius 1 is 1.00 bits per heavy atom. The van der Waals surface area contributed by atoms with Gasteiger partial charge in [0.25, 0.3) is 0 Å². The number of benzene rings is 2. The normalized spacial score (nSPS) is 12.4. The number of aryl methyl sites for hydroxylation is 1. The molecule has 0 N–H and O–H groups in total. The molecule has 1 unspecified atom stereocenters. The maximum absolute atomic E-state index is 6.48. The number of alkyl halides is 1. The molecule has 0 aliphatic rings. The van der Waals surface area contributed by atoms with Crippen LogP contribution in [0.4, 0.5) is 0 Å². The maximum Gasteiger partial charge on any atom is 0.0846 e. The van der Waals surface area contributed by atoms with Crippen molar-refractivity contribution >= 4 is 27.5 Å². The van der Waals surface area contributed by atoms with Gasteiger partial charge >= 0.3 is 0 Å². The quantitative estimate of drug-likeness (QED) is 0.677. The van der Waals surface area contributed by atoms with Gasteiger partial charge in [0.05, 0.1) is 5.38 Å². The lowest BCUT2D eigenvalue weighted by Crippen LogP contribution is -1.95. The Bertz CT molecular complexity index is 479. The summed E-state index contributed by atoms with van der Waals surface area (Å²) >= 11 is 10.1. The van der Waals surface area contributed by atoms with Crippen LogP contribution in [0.1, 0.15) is 22.1 Å². The van der Waals surface area contributed by atoms with Gasteiger partial charge in [-0.2, -0.15) is 0 Å². The molecule has 0 aromatic heterocycles. The van der Waals surface area contributed by atoms with Crippen LogP contribution in [0.5, 0.6) is 0 Å². The summed E-state index contributed by atoms with van der Waals surface area (Å²) in [6.07, 6.45) is 0. The van der Waals surface area contributed by atoms with Crippen molar-refractivity contribution in [1.82, 2.24) is 0 Å². The predicted octanol–water partition coefficient (Wildman–Crippen LogP) is 5.09. The van der Waals surface area contributed by atoms with Crippen molar-refractivity contribution < 1.29 is 0 Å². The summed E-state index contributed by atoms with van der Waals surface area (Å²) < 4.78 is 1.10. The van der Waals surface area contributed by atoms with Gasteiger partial charge in [0, 0.05) is 4.47 Å². The standard InChI is InChI=1S/C14H12BrCl/c1-10-6-5-9-12(13(10)15)14(16)11-7-3-2-4-8-11/h2-9,14H,1H3. The lowest BCUT2D eigenvalue weighted by atomic mass is 10.0. The highest BCUT2D eigenvalue weighted by atomic mass is 79.9. The summed E-state index contributed by atoms with van der Waals surface area (Å²) in [5.74, 6) is 0. The molecule has 2 heteroatoms. The number of hydrogen-bond donors (Lipinski definition) is 0. The molecule has 0 radical (unpaired) electrons. The van der Waals surface area contributed by atoms with Crippen molar-refractivity contribution in [3.63, 3.8) is 0 Å². The highest BCUT2D eigenvalue weighted by Gasteiger charge is 2.14. The molecule has 82 valence electrons. The first-order chi connectivity index (χ1) is 7.70. The van der Waals surface area contributed by atoms with Crippen LogP contribution in [0.3, 0.4) is 0 Å². The topological polar surface area (TPSA) is 0 Å². The van der Waals surface area contributed by atoms with Crippen molar-refractivity contribution in [3.05, 3.63) is 69.7 Å². The van der Waals surface area contributed by atoms with Crippen molar-refractivity contribution in [3.8, 4) is 0 Å². The molecule has 0 aliphatic heterocycles. The Morgan fingerprint density at radius 3 is 2.38 bits per heavy atom. The Morgan fingerprint density at radius 2 is 1.69 bits per heavy atom. The van der Waals surface area contributed by atoms with Gasteiger partial charge in [0.2, 0.25) is 0 Å². The molecule has 0 spiro atoms. The van der Waals surface area contributed by atoms with E-state index in [1.54, 1.807) is 0 Å². The molecule has 0 nitrogen and oxygen atoms in total. The zero-order chi connectivity index (χ0) is 11.5. The highest BCUT2D eigenvalue weighted by Crippen LogP contribution is 2.34. The summed E-state index contributed by atoms with van der Waals surface area (Å²) in [6, 6.07) is 16.3. The second kappa shape index (κ2) is 5.03. The third kappa shape index (κ3) is 2.31. The lowest BCUT2D eigenvalue weighted by Gasteiger charge is -2.13. The minimum Gasteiger partial charge on any atom is -0.113 e. The third-order valence-electron chi connectivity index (χ3n) is 2.59. The molecule has 16 heavy (non-hydrogen) atoms. The van der Waals surface area contributed by atoms with Gasteiger partial charge in [-0.1, -0.05) is 64.5 Å². The van der Waals surface area contributed by atoms with Crippen LogP contribution in [-0.2, 0) is 0 Å². The van der Waals surface area contributed by atoms with Crippen LogP contribution in [0, 0.1) is 6.92 Å². The van der Waals surface area contributed by atoms with Gasteiger partial charge in [0.15, 0.2) is 0 Å². The molecule has 2 rings (SSSR count). The van der Waals surface area contributed by atoms with Gasteiger partial charge in [0.1, 0.15) is 0 Å². The average Bonchev–Trinajstić information content (AvgIpc) is 2.33. The Labute approximate surface area is 109 Å². The molecule has 0 bridgehead atoms. The monoisotopic (exact) mass is 294 g/mol. The van der Waals surface area contributed by atoms with E-state index in [1.807, 2.05) is 36.4 Å². The second-order valence-corrected chi connectivity index (χ2v) is 4.98. The minimum absolute atomic E-state index is 0.101. The van der Waals surface area contributed by atoms with E-state index in [0.29, 0.717) is 0 Å². The van der Waals surface area contributed by atoms with E-state index in [9.17, 15) is 0 Å². The highest BCUT2D eigenvalue weighted by molar-refractivity contribution is 9.10. The summed E-state index contributed by atoms with van der Waals surface area (Å²) in [4.78, 5) is 0. The van der Waals surface area contributed by atoms with E-state index >= 15 is 0 Å². The molecule has 2 aromatic rings. The van der Waals surface area contributed by atoms with Gasteiger partial charge in [-0.05, 0) is 23.6 Å². The fraction of sp³-hybridized carbons (Fsp3) is 0.143. The Balaban J connectivity index is 2.42. The third-order valence-corrected chi connectivity index (χ3v) is 4.16. The smallest absolute Gasteiger partial charge is 0.0846 e. The van der Waals surface area contributed by atoms with E-state index in [1.165, 1.54) is 5.56 Å². The van der Waals surface area contributed by atoms with E-state index in [0.717, 1.165) is 15.6 Å². The molecule has 0 heterocycles. The summed E-state index contributed by atoms with van der Waals surface area (Å²) in [7, 11) is 0. The van der Waals surface area contributed by atoms with Gasteiger partial charge in [-0.25, -0.2) is 0 Å². The van der Waals surface area contributed by atoms with Crippen molar-refractivity contribution in [2.75, 3.05) is 0 Å². The number of hydrogen-bond acceptors (Lipinski definition) is 0. The molecule has 0 amide bonds. The van der Waals surface area contributed by atoms with E-state index < -0.39 is 0 Å². The number of halogens is 2. The Hall–Kier alpha value is -0.790. The minimum atomic E-state index is -0.101. The first kappa shape index (κ1) is 11.7. The predicted molar refractivity (Wildman–Crippen MR) is 73.0 cm³/mol. The lowest BCUT2D eigenvalue weighted by molar-refractivity contribution is 1.12. The van der Waals surface area contributed by atoms with Crippen LogP contribution in [0.15, 0.2) is 53.0 Å². The number of rotatable bonds is 2. The van der Waals surface area contributed by atoms with Crippen LogP contribution in [0.2, 0.25) is 0 Å². The molecule has 0 saturated heterocycles. The fourth-order valence-corrected chi connectivity index (χ4v) is 2.62. The zero-order valence-corrected chi connectivity index (χ0v) is 11.3. The zero-order valence-electron chi connectivity index (χ0n) is 8.95. The van der Waals surface area contributed by atoms with Crippen molar-refractivity contribution in [2.24, 2.45) is 0 Å². The van der Waals surface area contributed by atoms with Crippen molar-refractivity contribution in [2.45, 2.75) is 12.3 Å². The van der Waals surface area contributed by atoms with Crippen molar-refractivity contribution in [1.29, 1.82) is 0 Å². The van der Waals surface area contributed by atoms with Crippen LogP contribution in [-0.4, -0.2) is 0 Å². The SMILES string of the molecule is Cc1cccc(C(Cl)c2ccccc2)c1Br. The second-order valence-electron chi connectivity index (χ2n) is 3.75. The summed E-state index contributed by atoms with van der Waals surface area (Å²) in [5.41, 5.74) is 3.45. The van der Waals surface area contributed by atoms with Crippen LogP contribution in [0.25, 0.3) is 0 Å². The molecular weight excluding hydrogens is 284 g/mol. The summed E-state index contributed by atoms with van der Waals surface area (Å²) in [5, 5.41) is -0.101. The average molecular weight is 296 g/mol. The summed E-state index contributed by atoms with van der Waals surface area (Å²) in [6.45, 7) is 2.07. The van der Waals surface area contributed by atoms with Crippen LogP contribution < -0.4 is 0 Å². The molecule has 0 fully saturated rings. The van der Waals surface area contributed by atoms with Gasteiger partial charge in [-0.15, -0.1) is 11.6 Å². The van der Waals surface area contributed by atoms with Gasteiger partial charge in [-0.3, -0.25) is 0 Å². The Kier molecular flexibility index (Phi) is 3.67. The fourth-order valence-electron chi connectivity index (χ4n) is 1.67. The molecule has 2 aromatic carbocycles. The van der Waals surface area contributed by atoms with E-state index in [2.05, 4.69) is 35.0 Å². The largest absolute Gasteiger partial charge is 0.113 e. The molecule has 0 saturated carbocycles. The maximum atomic E-state index is 6.48. The van der Waals surface area contributed by atoms with Gasteiger partial charge < -0.3 is 0 Å². The molecule has 0 aliphatic carbocycles. The van der Waals surface area contributed by atoms with Crippen LogP contribution >= 0.6 is 27.5 Å². The van der Waals surface area contributed by atoms with E-state index in [-0.39, 0.29) is 5.38 Å².